The molecular weight excluding hydrogens is 208 g/mol. The van der Waals surface area contributed by atoms with E-state index in [1.165, 1.54) is 6.07 Å². The fourth-order valence-corrected chi connectivity index (χ4v) is 1.99. The van der Waals surface area contributed by atoms with Gasteiger partial charge in [0.05, 0.1) is 7.11 Å². The summed E-state index contributed by atoms with van der Waals surface area (Å²) in [5.41, 5.74) is 0.662. The van der Waals surface area contributed by atoms with Crippen LogP contribution < -0.4 is 9.47 Å². The van der Waals surface area contributed by atoms with E-state index in [0.717, 1.165) is 5.56 Å². The van der Waals surface area contributed by atoms with Crippen molar-refractivity contribution in [1.82, 2.24) is 0 Å². The van der Waals surface area contributed by atoms with E-state index < -0.39 is 5.97 Å². The lowest BCUT2D eigenvalue weighted by atomic mass is 9.99. The first-order valence-electron chi connectivity index (χ1n) is 5.07. The number of hydrogen-bond donors (Lipinski definition) is 1. The average Bonchev–Trinajstić information content (AvgIpc) is 2.50. The van der Waals surface area contributed by atoms with Gasteiger partial charge in [0.15, 0.2) is 0 Å². The van der Waals surface area contributed by atoms with Crippen LogP contribution in [0.2, 0.25) is 0 Å². The molecule has 0 radical (unpaired) electrons. The van der Waals surface area contributed by atoms with E-state index >= 15 is 0 Å². The number of benzene rings is 1. The highest BCUT2D eigenvalue weighted by atomic mass is 16.5. The third-order valence-corrected chi connectivity index (χ3v) is 2.65. The van der Waals surface area contributed by atoms with Crippen LogP contribution in [0.5, 0.6) is 11.5 Å². The van der Waals surface area contributed by atoms with Crippen LogP contribution in [0.1, 0.15) is 29.8 Å². The predicted octanol–water partition coefficient (Wildman–Crippen LogP) is 2.11. The molecule has 2 rings (SSSR count). The second-order valence-electron chi connectivity index (χ2n) is 4.47. The summed E-state index contributed by atoms with van der Waals surface area (Å²) >= 11 is 0. The molecule has 1 aliphatic rings. The Hall–Kier alpha value is -1.71. The summed E-state index contributed by atoms with van der Waals surface area (Å²) in [5, 5.41) is 9.06. The lowest BCUT2D eigenvalue weighted by molar-refractivity contribution is 0.0685. The SMILES string of the molecule is COc1ccc(C(=O)O)c2c1CC(C)(C)O2. The van der Waals surface area contributed by atoms with E-state index in [4.69, 9.17) is 14.6 Å². The van der Waals surface area contributed by atoms with Crippen LogP contribution >= 0.6 is 0 Å². The van der Waals surface area contributed by atoms with Gasteiger partial charge in [0.1, 0.15) is 22.7 Å². The third-order valence-electron chi connectivity index (χ3n) is 2.65. The zero-order valence-electron chi connectivity index (χ0n) is 9.53. The number of carbonyl (C=O) groups is 1. The number of hydrogen-bond acceptors (Lipinski definition) is 3. The standard InChI is InChI=1S/C12H14O4/c1-12(2)6-8-9(15-3)5-4-7(11(13)14)10(8)16-12/h4-5H,6H2,1-3H3,(H,13,14). The molecule has 1 aliphatic heterocycles. The van der Waals surface area contributed by atoms with Crippen molar-refractivity contribution >= 4 is 5.97 Å². The highest BCUT2D eigenvalue weighted by Gasteiger charge is 2.35. The number of methoxy groups -OCH3 is 1. The Kier molecular flexibility index (Phi) is 2.30. The fraction of sp³-hybridized carbons (Fsp3) is 0.417. The van der Waals surface area contributed by atoms with Crippen LogP contribution in [0, 0.1) is 0 Å². The van der Waals surface area contributed by atoms with Crippen LogP contribution in [0.15, 0.2) is 12.1 Å². The van der Waals surface area contributed by atoms with Gasteiger partial charge >= 0.3 is 5.97 Å². The van der Waals surface area contributed by atoms with Crippen LogP contribution in [-0.2, 0) is 6.42 Å². The number of ether oxygens (including phenoxy) is 2. The zero-order chi connectivity index (χ0) is 11.9. The van der Waals surface area contributed by atoms with E-state index in [0.29, 0.717) is 17.9 Å². The molecule has 1 heterocycles. The summed E-state index contributed by atoms with van der Waals surface area (Å²) in [6.45, 7) is 3.86. The number of carboxylic acids is 1. The van der Waals surface area contributed by atoms with Gasteiger partial charge in [0.25, 0.3) is 0 Å². The molecule has 86 valence electrons. The van der Waals surface area contributed by atoms with Gasteiger partial charge in [0, 0.05) is 12.0 Å². The van der Waals surface area contributed by atoms with Crippen LogP contribution in [-0.4, -0.2) is 23.8 Å². The number of carboxylic acid groups (broad SMARTS) is 1. The summed E-state index contributed by atoms with van der Waals surface area (Å²) in [7, 11) is 1.57. The van der Waals surface area contributed by atoms with E-state index in [1.54, 1.807) is 13.2 Å². The van der Waals surface area contributed by atoms with Crippen molar-refractivity contribution in [3.63, 3.8) is 0 Å². The average molecular weight is 222 g/mol. The highest BCUT2D eigenvalue weighted by molar-refractivity contribution is 5.92. The zero-order valence-corrected chi connectivity index (χ0v) is 9.53. The van der Waals surface area contributed by atoms with E-state index in [9.17, 15) is 4.79 Å². The molecule has 0 fully saturated rings. The monoisotopic (exact) mass is 222 g/mol. The van der Waals surface area contributed by atoms with E-state index in [2.05, 4.69) is 0 Å². The second kappa shape index (κ2) is 3.40. The molecule has 0 aliphatic carbocycles. The first kappa shape index (κ1) is 10.8. The van der Waals surface area contributed by atoms with Crippen molar-refractivity contribution < 1.29 is 19.4 Å². The molecule has 1 aromatic rings. The molecule has 1 aromatic carbocycles. The predicted molar refractivity (Wildman–Crippen MR) is 58.4 cm³/mol. The Labute approximate surface area is 93.8 Å². The molecule has 1 N–H and O–H groups in total. The fourth-order valence-electron chi connectivity index (χ4n) is 1.99. The first-order valence-corrected chi connectivity index (χ1v) is 5.07. The van der Waals surface area contributed by atoms with Gasteiger partial charge in [-0.1, -0.05) is 0 Å². The summed E-state index contributed by atoms with van der Waals surface area (Å²) in [4.78, 5) is 11.1. The minimum atomic E-state index is -0.975. The summed E-state index contributed by atoms with van der Waals surface area (Å²) in [5.74, 6) is 0.152. The maximum Gasteiger partial charge on any atom is 0.339 e. The molecule has 0 aromatic heterocycles. The second-order valence-corrected chi connectivity index (χ2v) is 4.47. The normalized spacial score (nSPS) is 16.4. The van der Waals surface area contributed by atoms with Gasteiger partial charge < -0.3 is 14.6 Å². The molecule has 4 heteroatoms. The Morgan fingerprint density at radius 1 is 1.50 bits per heavy atom. The largest absolute Gasteiger partial charge is 0.496 e. The van der Waals surface area contributed by atoms with Crippen molar-refractivity contribution in [1.29, 1.82) is 0 Å². The van der Waals surface area contributed by atoms with Crippen LogP contribution in [0.3, 0.4) is 0 Å². The summed E-state index contributed by atoms with van der Waals surface area (Å²) in [6, 6.07) is 3.19. The maximum absolute atomic E-state index is 11.1. The molecule has 0 saturated carbocycles. The Balaban J connectivity index is 2.59. The first-order chi connectivity index (χ1) is 7.44. The van der Waals surface area contributed by atoms with Crippen molar-refractivity contribution in [3.8, 4) is 11.5 Å². The highest BCUT2D eigenvalue weighted by Crippen LogP contribution is 2.42. The molecule has 16 heavy (non-hydrogen) atoms. The van der Waals surface area contributed by atoms with Gasteiger partial charge in [0.2, 0.25) is 0 Å². The summed E-state index contributed by atoms with van der Waals surface area (Å²) < 4.78 is 10.9. The Morgan fingerprint density at radius 2 is 2.19 bits per heavy atom. The molecule has 0 saturated heterocycles. The van der Waals surface area contributed by atoms with Gasteiger partial charge in [-0.15, -0.1) is 0 Å². The smallest absolute Gasteiger partial charge is 0.339 e. The van der Waals surface area contributed by atoms with Crippen LogP contribution in [0.4, 0.5) is 0 Å². The summed E-state index contributed by atoms with van der Waals surface area (Å²) in [6.07, 6.45) is 0.659. The van der Waals surface area contributed by atoms with E-state index in [-0.39, 0.29) is 11.2 Å². The molecule has 0 unspecified atom stereocenters. The van der Waals surface area contributed by atoms with Crippen molar-refractivity contribution in [2.24, 2.45) is 0 Å². The number of fused-ring (bicyclic) bond motifs is 1. The van der Waals surface area contributed by atoms with Gasteiger partial charge in [-0.25, -0.2) is 4.79 Å². The topological polar surface area (TPSA) is 55.8 Å². The van der Waals surface area contributed by atoms with Crippen molar-refractivity contribution in [2.45, 2.75) is 25.9 Å². The Bertz CT molecular complexity index is 449. The molecular formula is C12H14O4. The molecule has 0 bridgehead atoms. The molecule has 4 nitrogen and oxygen atoms in total. The minimum absolute atomic E-state index is 0.196. The van der Waals surface area contributed by atoms with Gasteiger partial charge in [-0.2, -0.15) is 0 Å². The van der Waals surface area contributed by atoms with Gasteiger partial charge in [-0.3, -0.25) is 0 Å². The van der Waals surface area contributed by atoms with E-state index in [1.807, 2.05) is 13.8 Å². The van der Waals surface area contributed by atoms with Crippen LogP contribution in [0.25, 0.3) is 0 Å². The lowest BCUT2D eigenvalue weighted by Crippen LogP contribution is -2.25. The molecule has 0 amide bonds. The lowest BCUT2D eigenvalue weighted by Gasteiger charge is -2.17. The van der Waals surface area contributed by atoms with Gasteiger partial charge in [-0.05, 0) is 26.0 Å². The number of aromatic carboxylic acids is 1. The third kappa shape index (κ3) is 1.60. The number of rotatable bonds is 2. The molecule has 0 spiro atoms. The quantitative estimate of drug-likeness (QED) is 0.832. The van der Waals surface area contributed by atoms with Crippen molar-refractivity contribution in [3.05, 3.63) is 23.3 Å². The molecule has 0 atom stereocenters. The Morgan fingerprint density at radius 3 is 2.75 bits per heavy atom. The van der Waals surface area contributed by atoms with Crippen molar-refractivity contribution in [2.75, 3.05) is 7.11 Å². The minimum Gasteiger partial charge on any atom is -0.496 e. The maximum atomic E-state index is 11.1.